The number of methoxy groups -OCH3 is 1. The number of pyridine rings is 1. The van der Waals surface area contributed by atoms with Crippen molar-refractivity contribution in [2.75, 3.05) is 19.0 Å². The van der Waals surface area contributed by atoms with Crippen molar-refractivity contribution in [1.29, 1.82) is 0 Å². The summed E-state index contributed by atoms with van der Waals surface area (Å²) in [7, 11) is 1.59. The van der Waals surface area contributed by atoms with Crippen LogP contribution in [0.1, 0.15) is 43.1 Å². The molecule has 7 heteroatoms. The normalized spacial score (nSPS) is 14.3. The van der Waals surface area contributed by atoms with Gasteiger partial charge in [-0.05, 0) is 49.6 Å². The maximum Gasteiger partial charge on any atom is 0.319 e. The Morgan fingerprint density at radius 1 is 1.28 bits per heavy atom. The molecule has 1 saturated carbocycles. The van der Waals surface area contributed by atoms with Crippen LogP contribution in [0.2, 0.25) is 0 Å². The van der Waals surface area contributed by atoms with Gasteiger partial charge >= 0.3 is 6.03 Å². The van der Waals surface area contributed by atoms with Crippen LogP contribution in [0.3, 0.4) is 0 Å². The average Bonchev–Trinajstić information content (AvgIpc) is 3.35. The zero-order valence-corrected chi connectivity index (χ0v) is 16.9. The Balaban J connectivity index is 1.43. The second kappa shape index (κ2) is 8.51. The van der Waals surface area contributed by atoms with Crippen molar-refractivity contribution in [3.05, 3.63) is 47.9 Å². The Hall–Kier alpha value is -3.09. The van der Waals surface area contributed by atoms with Crippen LogP contribution in [0, 0.1) is 6.92 Å². The van der Waals surface area contributed by atoms with Gasteiger partial charge in [-0.2, -0.15) is 0 Å². The van der Waals surface area contributed by atoms with Crippen LogP contribution in [0.25, 0.3) is 11.2 Å². The minimum atomic E-state index is -0.254. The van der Waals surface area contributed by atoms with Gasteiger partial charge in [-0.15, -0.1) is 0 Å². The molecule has 3 aromatic rings. The van der Waals surface area contributed by atoms with E-state index in [1.165, 1.54) is 12.8 Å². The standard InChI is InChI=1S/C22H27N5O2/c1-15-9-10-19(29-2)18(14-15)26-22(28)24-13-11-20-25-17-8-5-12-23-21(17)27(20)16-6-3-4-7-16/h5,8-10,12,14,16H,3-4,6-7,11,13H2,1-2H3,(H2,24,26,28). The molecule has 0 aliphatic heterocycles. The number of fused-ring (bicyclic) bond motifs is 1. The highest BCUT2D eigenvalue weighted by Crippen LogP contribution is 2.33. The summed E-state index contributed by atoms with van der Waals surface area (Å²) in [4.78, 5) is 21.7. The molecule has 2 aromatic heterocycles. The second-order valence-corrected chi connectivity index (χ2v) is 7.52. The van der Waals surface area contributed by atoms with Crippen LogP contribution < -0.4 is 15.4 Å². The number of amides is 2. The van der Waals surface area contributed by atoms with Gasteiger partial charge < -0.3 is 19.9 Å². The first-order valence-electron chi connectivity index (χ1n) is 10.2. The molecular weight excluding hydrogens is 366 g/mol. The molecule has 2 N–H and O–H groups in total. The topological polar surface area (TPSA) is 81.1 Å². The fourth-order valence-corrected chi connectivity index (χ4v) is 4.07. The summed E-state index contributed by atoms with van der Waals surface area (Å²) in [6.45, 7) is 2.47. The Morgan fingerprint density at radius 3 is 2.90 bits per heavy atom. The highest BCUT2D eigenvalue weighted by Gasteiger charge is 2.23. The molecule has 0 saturated heterocycles. The molecule has 0 radical (unpaired) electrons. The smallest absolute Gasteiger partial charge is 0.319 e. The molecule has 2 heterocycles. The largest absolute Gasteiger partial charge is 0.495 e. The van der Waals surface area contributed by atoms with Crippen molar-refractivity contribution >= 4 is 22.9 Å². The summed E-state index contributed by atoms with van der Waals surface area (Å²) in [6, 6.07) is 9.81. The molecule has 1 aromatic carbocycles. The van der Waals surface area contributed by atoms with E-state index in [0.29, 0.717) is 30.4 Å². The third kappa shape index (κ3) is 4.18. The van der Waals surface area contributed by atoms with Crippen LogP contribution >= 0.6 is 0 Å². The number of anilines is 1. The maximum absolute atomic E-state index is 12.4. The molecule has 4 rings (SSSR count). The first-order chi connectivity index (χ1) is 14.2. The second-order valence-electron chi connectivity index (χ2n) is 7.52. The number of hydrogen-bond acceptors (Lipinski definition) is 4. The lowest BCUT2D eigenvalue weighted by molar-refractivity contribution is 0.252. The third-order valence-electron chi connectivity index (χ3n) is 5.45. The van der Waals surface area contributed by atoms with Gasteiger partial charge in [0, 0.05) is 25.2 Å². The molecule has 1 fully saturated rings. The fourth-order valence-electron chi connectivity index (χ4n) is 4.07. The predicted molar refractivity (Wildman–Crippen MR) is 113 cm³/mol. The Bertz CT molecular complexity index is 1010. The van der Waals surface area contributed by atoms with Gasteiger partial charge in [-0.25, -0.2) is 14.8 Å². The van der Waals surface area contributed by atoms with Gasteiger partial charge in [0.1, 0.15) is 17.1 Å². The van der Waals surface area contributed by atoms with Gasteiger partial charge in [0.05, 0.1) is 12.8 Å². The number of ether oxygens (including phenoxy) is 1. The molecule has 0 spiro atoms. The maximum atomic E-state index is 12.4. The number of imidazole rings is 1. The Labute approximate surface area is 170 Å². The number of hydrogen-bond donors (Lipinski definition) is 2. The Kier molecular flexibility index (Phi) is 5.64. The van der Waals surface area contributed by atoms with Gasteiger partial charge in [-0.3, -0.25) is 0 Å². The van der Waals surface area contributed by atoms with Crippen LogP contribution in [-0.2, 0) is 6.42 Å². The molecule has 1 aliphatic carbocycles. The molecule has 7 nitrogen and oxygen atoms in total. The van der Waals surface area contributed by atoms with E-state index in [-0.39, 0.29) is 6.03 Å². The van der Waals surface area contributed by atoms with E-state index in [9.17, 15) is 4.79 Å². The summed E-state index contributed by atoms with van der Waals surface area (Å²) in [5.74, 6) is 1.62. The van der Waals surface area contributed by atoms with E-state index in [4.69, 9.17) is 9.72 Å². The molecule has 152 valence electrons. The van der Waals surface area contributed by atoms with E-state index in [1.54, 1.807) is 7.11 Å². The van der Waals surface area contributed by atoms with E-state index in [2.05, 4.69) is 20.2 Å². The van der Waals surface area contributed by atoms with Gasteiger partial charge in [-0.1, -0.05) is 18.9 Å². The zero-order chi connectivity index (χ0) is 20.2. The van der Waals surface area contributed by atoms with Crippen molar-refractivity contribution < 1.29 is 9.53 Å². The summed E-state index contributed by atoms with van der Waals surface area (Å²) in [5, 5.41) is 5.80. The minimum Gasteiger partial charge on any atom is -0.495 e. The number of carbonyl (C=O) groups excluding carboxylic acids is 1. The van der Waals surface area contributed by atoms with Gasteiger partial charge in [0.15, 0.2) is 5.65 Å². The van der Waals surface area contributed by atoms with Gasteiger partial charge in [0.2, 0.25) is 0 Å². The first kappa shape index (κ1) is 19.2. The summed E-state index contributed by atoms with van der Waals surface area (Å²) in [5.41, 5.74) is 3.58. The van der Waals surface area contributed by atoms with Crippen molar-refractivity contribution in [3.8, 4) is 5.75 Å². The molecule has 29 heavy (non-hydrogen) atoms. The highest BCUT2D eigenvalue weighted by atomic mass is 16.5. The Morgan fingerprint density at radius 2 is 2.10 bits per heavy atom. The summed E-state index contributed by atoms with van der Waals surface area (Å²) < 4.78 is 7.60. The molecule has 2 amide bonds. The van der Waals surface area contributed by atoms with Crippen LogP contribution in [0.5, 0.6) is 5.75 Å². The molecule has 0 bridgehead atoms. The number of nitrogens with zero attached hydrogens (tertiary/aromatic N) is 3. The number of carbonyl (C=O) groups is 1. The van der Waals surface area contributed by atoms with Gasteiger partial charge in [0.25, 0.3) is 0 Å². The number of benzene rings is 1. The minimum absolute atomic E-state index is 0.254. The van der Waals surface area contributed by atoms with Crippen LogP contribution in [0.4, 0.5) is 10.5 Å². The number of aromatic nitrogens is 3. The highest BCUT2D eigenvalue weighted by molar-refractivity contribution is 5.91. The van der Waals surface area contributed by atoms with E-state index >= 15 is 0 Å². The van der Waals surface area contributed by atoms with E-state index < -0.39 is 0 Å². The van der Waals surface area contributed by atoms with Crippen LogP contribution in [0.15, 0.2) is 36.5 Å². The van der Waals surface area contributed by atoms with Crippen molar-refractivity contribution in [2.24, 2.45) is 0 Å². The lowest BCUT2D eigenvalue weighted by Gasteiger charge is -2.16. The van der Waals surface area contributed by atoms with Crippen molar-refractivity contribution in [2.45, 2.75) is 45.1 Å². The quantitative estimate of drug-likeness (QED) is 0.657. The fraction of sp³-hybridized carbons (Fsp3) is 0.409. The van der Waals surface area contributed by atoms with E-state index in [1.807, 2.05) is 43.5 Å². The average molecular weight is 393 g/mol. The number of aryl methyl sites for hydroxylation is 1. The van der Waals surface area contributed by atoms with E-state index in [0.717, 1.165) is 35.4 Å². The number of nitrogens with one attached hydrogen (secondary N) is 2. The van der Waals surface area contributed by atoms with Crippen molar-refractivity contribution in [3.63, 3.8) is 0 Å². The third-order valence-corrected chi connectivity index (χ3v) is 5.45. The molecular formula is C22H27N5O2. The molecule has 0 unspecified atom stereocenters. The van der Waals surface area contributed by atoms with Crippen molar-refractivity contribution in [1.82, 2.24) is 19.9 Å². The lowest BCUT2D eigenvalue weighted by atomic mass is 10.2. The number of rotatable bonds is 6. The first-order valence-corrected chi connectivity index (χ1v) is 10.2. The number of urea groups is 1. The summed E-state index contributed by atoms with van der Waals surface area (Å²) >= 11 is 0. The molecule has 0 atom stereocenters. The predicted octanol–water partition coefficient (Wildman–Crippen LogP) is 4.23. The zero-order valence-electron chi connectivity index (χ0n) is 16.9. The lowest BCUT2D eigenvalue weighted by Crippen LogP contribution is -2.31. The SMILES string of the molecule is COc1ccc(C)cc1NC(=O)NCCc1nc2cccnc2n1C1CCCC1. The summed E-state index contributed by atoms with van der Waals surface area (Å²) in [6.07, 6.45) is 7.29. The molecule has 1 aliphatic rings. The monoisotopic (exact) mass is 393 g/mol. The van der Waals surface area contributed by atoms with Crippen LogP contribution in [-0.4, -0.2) is 34.2 Å².